The second-order valence-electron chi connectivity index (χ2n) is 8.03. The van der Waals surface area contributed by atoms with Crippen molar-refractivity contribution in [3.05, 3.63) is 52.1 Å². The summed E-state index contributed by atoms with van der Waals surface area (Å²) in [4.78, 5) is 39.2. The van der Waals surface area contributed by atoms with Crippen LogP contribution >= 0.6 is 0 Å². The van der Waals surface area contributed by atoms with Crippen LogP contribution in [0, 0.1) is 19.7 Å². The van der Waals surface area contributed by atoms with Crippen molar-refractivity contribution in [3.63, 3.8) is 0 Å². The van der Waals surface area contributed by atoms with Crippen LogP contribution in [0.3, 0.4) is 0 Å². The maximum absolute atomic E-state index is 13.7. The number of aromatic amines is 1. The number of aryl methyl sites for hydroxylation is 1. The van der Waals surface area contributed by atoms with Gasteiger partial charge in [-0.05, 0) is 50.6 Å². The van der Waals surface area contributed by atoms with E-state index in [-0.39, 0.29) is 36.6 Å². The summed E-state index contributed by atoms with van der Waals surface area (Å²) >= 11 is 0. The summed E-state index contributed by atoms with van der Waals surface area (Å²) in [7, 11) is 0. The van der Waals surface area contributed by atoms with E-state index in [1.54, 1.807) is 19.9 Å². The standard InChI is InChI=1S/C23H26FN3O5/c1-11(28)6-15(29)8-16(30)10-25-23(32)21-12(2)20(26-13(21)3)9-18-17-7-14(24)4-5-19(17)27-22(18)31/h4-5,7,9,15-16,26,29-30H,6,8,10H2,1-3H3,(H,25,32)(H,27,31)/b18-9-/t15-,16-/m0/s1. The Bertz CT molecular complexity index is 1110. The number of carbonyl (C=O) groups is 3. The molecule has 5 N–H and O–H groups in total. The van der Waals surface area contributed by atoms with Gasteiger partial charge in [-0.2, -0.15) is 0 Å². The third kappa shape index (κ3) is 5.12. The van der Waals surface area contributed by atoms with Crippen LogP contribution in [0.4, 0.5) is 10.1 Å². The Morgan fingerprint density at radius 2 is 1.94 bits per heavy atom. The van der Waals surface area contributed by atoms with Crippen molar-refractivity contribution in [1.82, 2.24) is 10.3 Å². The quantitative estimate of drug-likeness (QED) is 0.399. The minimum Gasteiger partial charge on any atom is -0.393 e. The van der Waals surface area contributed by atoms with E-state index in [0.717, 1.165) is 0 Å². The molecular weight excluding hydrogens is 417 g/mol. The molecular formula is C23H26FN3O5. The molecule has 0 unspecified atom stereocenters. The van der Waals surface area contributed by atoms with Gasteiger partial charge in [0.1, 0.15) is 11.6 Å². The first-order chi connectivity index (χ1) is 15.1. The number of Topliss-reactive ketones (excluding diaryl/α,β-unsaturated/α-hetero) is 1. The number of anilines is 1. The Kier molecular flexibility index (Phi) is 6.90. The van der Waals surface area contributed by atoms with Crippen molar-refractivity contribution in [3.8, 4) is 0 Å². The number of halogens is 1. The van der Waals surface area contributed by atoms with Gasteiger partial charge in [-0.15, -0.1) is 0 Å². The highest BCUT2D eigenvalue weighted by Crippen LogP contribution is 2.34. The number of rotatable bonds is 8. The van der Waals surface area contributed by atoms with Gasteiger partial charge in [-0.25, -0.2) is 4.39 Å². The SMILES string of the molecule is CC(=O)C[C@H](O)C[C@H](O)CNC(=O)c1c(C)[nH]c(/C=C2\C(=O)Nc3ccc(F)cc32)c1C. The Labute approximate surface area is 184 Å². The second-order valence-corrected chi connectivity index (χ2v) is 8.03. The smallest absolute Gasteiger partial charge is 0.256 e. The predicted octanol–water partition coefficient (Wildman–Crippen LogP) is 2.08. The number of hydrogen-bond donors (Lipinski definition) is 5. The number of aliphatic hydroxyl groups is 2. The van der Waals surface area contributed by atoms with Crippen LogP contribution in [0.5, 0.6) is 0 Å². The number of benzene rings is 1. The first-order valence-electron chi connectivity index (χ1n) is 10.2. The average molecular weight is 443 g/mol. The minimum absolute atomic E-state index is 0.0343. The summed E-state index contributed by atoms with van der Waals surface area (Å²) in [5, 5.41) is 25.1. The third-order valence-corrected chi connectivity index (χ3v) is 5.32. The number of aliphatic hydroxyl groups excluding tert-OH is 2. The minimum atomic E-state index is -1.01. The molecule has 9 heteroatoms. The van der Waals surface area contributed by atoms with Crippen LogP contribution in [0.15, 0.2) is 18.2 Å². The molecule has 1 aliphatic rings. The van der Waals surface area contributed by atoms with Crippen molar-refractivity contribution in [1.29, 1.82) is 0 Å². The van der Waals surface area contributed by atoms with E-state index in [0.29, 0.717) is 33.8 Å². The maximum Gasteiger partial charge on any atom is 0.256 e. The number of fused-ring (bicyclic) bond motifs is 1. The molecule has 0 bridgehead atoms. The summed E-state index contributed by atoms with van der Waals surface area (Å²) in [6.07, 6.45) is -0.499. The molecule has 0 aliphatic carbocycles. The van der Waals surface area contributed by atoms with Gasteiger partial charge < -0.3 is 25.8 Å². The molecule has 2 amide bonds. The zero-order chi connectivity index (χ0) is 23.6. The monoisotopic (exact) mass is 443 g/mol. The van der Waals surface area contributed by atoms with Crippen molar-refractivity contribution in [2.75, 3.05) is 11.9 Å². The molecule has 1 aromatic carbocycles. The van der Waals surface area contributed by atoms with Gasteiger partial charge in [-0.3, -0.25) is 14.4 Å². The molecule has 3 rings (SSSR count). The van der Waals surface area contributed by atoms with Crippen LogP contribution in [-0.2, 0) is 9.59 Å². The Hall–Kier alpha value is -3.30. The zero-order valence-electron chi connectivity index (χ0n) is 18.1. The lowest BCUT2D eigenvalue weighted by Gasteiger charge is -2.15. The average Bonchev–Trinajstić information content (AvgIpc) is 3.15. The predicted molar refractivity (Wildman–Crippen MR) is 117 cm³/mol. The van der Waals surface area contributed by atoms with E-state index >= 15 is 0 Å². The van der Waals surface area contributed by atoms with Crippen molar-refractivity contribution < 1.29 is 29.0 Å². The number of aromatic nitrogens is 1. The molecule has 0 saturated carbocycles. The molecule has 0 radical (unpaired) electrons. The highest BCUT2D eigenvalue weighted by atomic mass is 19.1. The van der Waals surface area contributed by atoms with Gasteiger partial charge in [0.15, 0.2) is 0 Å². The van der Waals surface area contributed by atoms with Crippen molar-refractivity contribution in [2.45, 2.75) is 45.8 Å². The molecule has 2 aromatic rings. The van der Waals surface area contributed by atoms with E-state index in [4.69, 9.17) is 0 Å². The molecule has 2 heterocycles. The molecule has 32 heavy (non-hydrogen) atoms. The fraction of sp³-hybridized carbons (Fsp3) is 0.348. The summed E-state index contributed by atoms with van der Waals surface area (Å²) < 4.78 is 13.7. The number of nitrogens with one attached hydrogen (secondary N) is 3. The summed E-state index contributed by atoms with van der Waals surface area (Å²) in [5.74, 6) is -1.44. The Morgan fingerprint density at radius 3 is 2.62 bits per heavy atom. The molecule has 1 aliphatic heterocycles. The van der Waals surface area contributed by atoms with Gasteiger partial charge >= 0.3 is 0 Å². The summed E-state index contributed by atoms with van der Waals surface area (Å²) in [5.41, 5.74) is 3.30. The first kappa shape index (κ1) is 23.4. The van der Waals surface area contributed by atoms with E-state index in [2.05, 4.69) is 15.6 Å². The second kappa shape index (κ2) is 9.46. The summed E-state index contributed by atoms with van der Waals surface area (Å²) in [6, 6.07) is 4.04. The fourth-order valence-corrected chi connectivity index (χ4v) is 3.82. The van der Waals surface area contributed by atoms with Gasteiger partial charge in [-0.1, -0.05) is 0 Å². The van der Waals surface area contributed by atoms with E-state index < -0.39 is 23.9 Å². The van der Waals surface area contributed by atoms with Crippen LogP contribution in [0.25, 0.3) is 11.6 Å². The fourth-order valence-electron chi connectivity index (χ4n) is 3.82. The van der Waals surface area contributed by atoms with Crippen LogP contribution in [0.1, 0.15) is 52.6 Å². The number of amides is 2. The summed E-state index contributed by atoms with van der Waals surface area (Å²) in [6.45, 7) is 4.69. The van der Waals surface area contributed by atoms with Crippen LogP contribution in [0.2, 0.25) is 0 Å². The van der Waals surface area contributed by atoms with Gasteiger partial charge in [0.25, 0.3) is 11.8 Å². The van der Waals surface area contributed by atoms with Crippen LogP contribution in [-0.4, -0.2) is 51.5 Å². The highest BCUT2D eigenvalue weighted by molar-refractivity contribution is 6.34. The largest absolute Gasteiger partial charge is 0.393 e. The molecule has 0 saturated heterocycles. The van der Waals surface area contributed by atoms with Gasteiger partial charge in [0.05, 0.1) is 23.3 Å². The molecule has 2 atom stereocenters. The van der Waals surface area contributed by atoms with Crippen molar-refractivity contribution in [2.24, 2.45) is 0 Å². The number of hydrogen-bond acceptors (Lipinski definition) is 5. The van der Waals surface area contributed by atoms with E-state index in [1.165, 1.54) is 25.1 Å². The molecule has 170 valence electrons. The molecule has 0 spiro atoms. The topological polar surface area (TPSA) is 132 Å². The van der Waals surface area contributed by atoms with Crippen LogP contribution < -0.4 is 10.6 Å². The Balaban J connectivity index is 1.75. The van der Waals surface area contributed by atoms with Crippen molar-refractivity contribution >= 4 is 34.9 Å². The molecule has 8 nitrogen and oxygen atoms in total. The lowest BCUT2D eigenvalue weighted by atomic mass is 10.0. The lowest BCUT2D eigenvalue weighted by molar-refractivity contribution is -0.119. The number of ketones is 1. The normalized spacial score (nSPS) is 15.9. The molecule has 0 fully saturated rings. The van der Waals surface area contributed by atoms with E-state index in [9.17, 15) is 29.0 Å². The highest BCUT2D eigenvalue weighted by Gasteiger charge is 2.26. The van der Waals surface area contributed by atoms with E-state index in [1.807, 2.05) is 0 Å². The van der Waals surface area contributed by atoms with Gasteiger partial charge in [0.2, 0.25) is 0 Å². The number of H-pyrrole nitrogens is 1. The molecule has 1 aromatic heterocycles. The maximum atomic E-state index is 13.7. The number of carbonyl (C=O) groups excluding carboxylic acids is 3. The zero-order valence-corrected chi connectivity index (χ0v) is 18.1. The first-order valence-corrected chi connectivity index (χ1v) is 10.2. The van der Waals surface area contributed by atoms with Gasteiger partial charge in [0, 0.05) is 42.0 Å². The lowest BCUT2D eigenvalue weighted by Crippen LogP contribution is -2.34. The third-order valence-electron chi connectivity index (χ3n) is 5.32. The Morgan fingerprint density at radius 1 is 1.22 bits per heavy atom.